The zero-order valence-electron chi connectivity index (χ0n) is 20.1. The molecule has 0 saturated carbocycles. The highest BCUT2D eigenvalue weighted by atomic mass is 16.5. The first-order chi connectivity index (χ1) is 15.7. The smallest absolute Gasteiger partial charge is 0.116 e. The van der Waals surface area contributed by atoms with Gasteiger partial charge < -0.3 is 21.5 Å². The summed E-state index contributed by atoms with van der Waals surface area (Å²) in [4.78, 5) is 0. The molecule has 2 rings (SSSR count). The lowest BCUT2D eigenvalue weighted by Crippen LogP contribution is -2.45. The average Bonchev–Trinajstić information content (AvgIpc) is 2.80. The maximum Gasteiger partial charge on any atom is 0.116 e. The molecule has 9 N–H and O–H groups in total. The van der Waals surface area contributed by atoms with E-state index in [0.717, 1.165) is 16.8 Å². The Bertz CT molecular complexity index is 842. The van der Waals surface area contributed by atoms with E-state index < -0.39 is 0 Å². The summed E-state index contributed by atoms with van der Waals surface area (Å²) in [6.07, 6.45) is 3.95. The first kappa shape index (κ1) is 28.1. The minimum absolute atomic E-state index is 0.0419. The summed E-state index contributed by atoms with van der Waals surface area (Å²) in [5, 5.41) is 10.8. The summed E-state index contributed by atoms with van der Waals surface area (Å²) < 4.78 is 5.63. The number of ether oxygens (including phenoxy) is 1. The third kappa shape index (κ3) is 12.0. The highest BCUT2D eigenvalue weighted by molar-refractivity contribution is 5.83. The second-order valence-corrected chi connectivity index (χ2v) is 8.66. The van der Waals surface area contributed by atoms with Gasteiger partial charge in [0.1, 0.15) is 11.9 Å². The van der Waals surface area contributed by atoms with Crippen LogP contribution in [0.3, 0.4) is 0 Å². The van der Waals surface area contributed by atoms with Gasteiger partial charge in [0.2, 0.25) is 0 Å². The van der Waals surface area contributed by atoms with Gasteiger partial charge in [-0.3, -0.25) is 16.7 Å². The van der Waals surface area contributed by atoms with Gasteiger partial charge in [0.25, 0.3) is 0 Å². The van der Waals surface area contributed by atoms with Crippen molar-refractivity contribution in [1.82, 2.24) is 10.7 Å². The zero-order valence-corrected chi connectivity index (χ0v) is 20.1. The van der Waals surface area contributed by atoms with Gasteiger partial charge in [0.05, 0.1) is 19.3 Å². The molecule has 1 unspecified atom stereocenters. The fourth-order valence-electron chi connectivity index (χ4n) is 2.50. The molecule has 0 radical (unpaired) electrons. The minimum Gasteiger partial charge on any atom is -0.386 e. The van der Waals surface area contributed by atoms with Crippen LogP contribution in [0, 0.1) is 10.8 Å². The quantitative estimate of drug-likeness (QED) is 0.134. The van der Waals surface area contributed by atoms with E-state index in [4.69, 9.17) is 27.5 Å². The van der Waals surface area contributed by atoms with E-state index in [1.54, 1.807) is 0 Å². The maximum absolute atomic E-state index is 7.63. The summed E-state index contributed by atoms with van der Waals surface area (Å²) in [5.41, 5.74) is 16.7. The lowest BCUT2D eigenvalue weighted by atomic mass is 9.92. The Morgan fingerprint density at radius 1 is 1.09 bits per heavy atom. The fourth-order valence-corrected chi connectivity index (χ4v) is 2.50. The number of benzene rings is 2. The van der Waals surface area contributed by atoms with E-state index in [9.17, 15) is 0 Å². The molecule has 0 saturated heterocycles. The Balaban J connectivity index is 0.000000361. The number of nitrogens with two attached hydrogens (primary N) is 3. The van der Waals surface area contributed by atoms with Crippen molar-refractivity contribution in [3.63, 3.8) is 0 Å². The molecule has 0 amide bonds. The molecule has 0 fully saturated rings. The van der Waals surface area contributed by atoms with Crippen LogP contribution in [0.4, 0.5) is 0 Å². The molecule has 0 aliphatic heterocycles. The van der Waals surface area contributed by atoms with Crippen LogP contribution >= 0.6 is 0 Å². The summed E-state index contributed by atoms with van der Waals surface area (Å²) in [6, 6.07) is 19.7. The van der Waals surface area contributed by atoms with Crippen molar-refractivity contribution in [2.75, 3.05) is 13.2 Å². The van der Waals surface area contributed by atoms with Crippen molar-refractivity contribution in [3.05, 3.63) is 90.1 Å². The largest absolute Gasteiger partial charge is 0.386 e. The van der Waals surface area contributed by atoms with Crippen molar-refractivity contribution in [3.8, 4) is 0 Å². The Kier molecular flexibility index (Phi) is 12.7. The normalized spacial score (nSPS) is 13.0. The highest BCUT2D eigenvalue weighted by Gasteiger charge is 2.20. The second-order valence-electron chi connectivity index (χ2n) is 8.66. The number of amidine groups is 1. The third-order valence-electron chi connectivity index (χ3n) is 4.81. The molecule has 180 valence electrons. The summed E-state index contributed by atoms with van der Waals surface area (Å²) in [7, 11) is 0. The van der Waals surface area contributed by atoms with Crippen LogP contribution in [0.1, 0.15) is 31.9 Å². The van der Waals surface area contributed by atoms with Crippen molar-refractivity contribution in [2.45, 2.75) is 39.5 Å². The Morgan fingerprint density at radius 2 is 1.67 bits per heavy atom. The van der Waals surface area contributed by atoms with E-state index in [2.05, 4.69) is 38.1 Å². The standard InChI is InChI=1S/C16H25N3O.C10H15N3/c1-12(16(2,3)4)19-14(15(17)18)11-20-10-13-8-6-5-7-9-13;11-8-10(13-12)7-6-9-4-2-1-3-5-9/h5-9,14,19H,1,10-11H2,2-4H3,(H3,17,18);1-7,10,13H,8,11-12H2/b;7-6+/t14-;/m1./s1. The van der Waals surface area contributed by atoms with Gasteiger partial charge in [-0.25, -0.2) is 0 Å². The minimum atomic E-state index is -0.342. The molecule has 7 heteroatoms. The number of hydrogen-bond acceptors (Lipinski definition) is 6. The molecule has 0 aliphatic rings. The first-order valence-corrected chi connectivity index (χ1v) is 11.0. The van der Waals surface area contributed by atoms with Gasteiger partial charge in [-0.1, -0.05) is 100 Å². The molecule has 0 aromatic heterocycles. The van der Waals surface area contributed by atoms with Crippen molar-refractivity contribution in [2.24, 2.45) is 22.7 Å². The van der Waals surface area contributed by atoms with Crippen LogP contribution in [-0.2, 0) is 11.3 Å². The van der Waals surface area contributed by atoms with E-state index in [1.165, 1.54) is 0 Å². The number of hydrogen-bond donors (Lipinski definition) is 6. The number of rotatable bonds is 11. The van der Waals surface area contributed by atoms with Gasteiger partial charge in [0.15, 0.2) is 0 Å². The van der Waals surface area contributed by atoms with Crippen LogP contribution in [0.5, 0.6) is 0 Å². The molecular weight excluding hydrogens is 412 g/mol. The van der Waals surface area contributed by atoms with Gasteiger partial charge in [-0.05, 0) is 11.1 Å². The number of nitrogens with one attached hydrogen (secondary N) is 3. The van der Waals surface area contributed by atoms with E-state index in [0.29, 0.717) is 19.8 Å². The Morgan fingerprint density at radius 3 is 2.15 bits per heavy atom. The fraction of sp³-hybridized carbons (Fsp3) is 0.346. The molecule has 0 bridgehead atoms. The summed E-state index contributed by atoms with van der Waals surface area (Å²) in [5.74, 6) is 5.32. The summed E-state index contributed by atoms with van der Waals surface area (Å²) >= 11 is 0. The predicted octanol–water partition coefficient (Wildman–Crippen LogP) is 3.15. The number of hydrazine groups is 1. The predicted molar refractivity (Wildman–Crippen MR) is 139 cm³/mol. The lowest BCUT2D eigenvalue weighted by molar-refractivity contribution is 0.113. The van der Waals surface area contributed by atoms with Crippen molar-refractivity contribution >= 4 is 11.9 Å². The number of allylic oxidation sites excluding steroid dienone is 1. The molecule has 2 aromatic rings. The van der Waals surface area contributed by atoms with E-state index >= 15 is 0 Å². The summed E-state index contributed by atoms with van der Waals surface area (Å²) in [6.45, 7) is 11.5. The van der Waals surface area contributed by atoms with Gasteiger partial charge >= 0.3 is 0 Å². The molecule has 33 heavy (non-hydrogen) atoms. The molecule has 0 aliphatic carbocycles. The zero-order chi connectivity index (χ0) is 24.7. The van der Waals surface area contributed by atoms with E-state index in [1.807, 2.05) is 72.8 Å². The molecule has 7 nitrogen and oxygen atoms in total. The van der Waals surface area contributed by atoms with Gasteiger partial charge in [-0.2, -0.15) is 0 Å². The monoisotopic (exact) mass is 452 g/mol. The van der Waals surface area contributed by atoms with Crippen molar-refractivity contribution in [1.29, 1.82) is 5.41 Å². The maximum atomic E-state index is 7.63. The van der Waals surface area contributed by atoms with Crippen LogP contribution in [-0.4, -0.2) is 31.1 Å². The highest BCUT2D eigenvalue weighted by Crippen LogP contribution is 2.21. The van der Waals surface area contributed by atoms with E-state index in [-0.39, 0.29) is 23.3 Å². The Hall–Kier alpha value is -2.97. The SMILES string of the molecule is C=C(N[C@H](COCc1ccccc1)C(=N)N)C(C)(C)C.NCC(/C=C/c1ccccc1)NN. The third-order valence-corrected chi connectivity index (χ3v) is 4.81. The first-order valence-electron chi connectivity index (χ1n) is 11.0. The van der Waals surface area contributed by atoms with Crippen molar-refractivity contribution < 1.29 is 4.74 Å². The van der Waals surface area contributed by atoms with Gasteiger partial charge in [-0.15, -0.1) is 0 Å². The second kappa shape index (κ2) is 15.0. The lowest BCUT2D eigenvalue weighted by Gasteiger charge is -2.28. The molecule has 2 atom stereocenters. The topological polar surface area (TPSA) is 135 Å². The molecule has 2 aromatic carbocycles. The van der Waals surface area contributed by atoms with Crippen LogP contribution in [0.2, 0.25) is 0 Å². The molecule has 0 heterocycles. The average molecular weight is 453 g/mol. The van der Waals surface area contributed by atoms with Crippen LogP contribution in [0.15, 0.2) is 79.0 Å². The van der Waals surface area contributed by atoms with Gasteiger partial charge in [0, 0.05) is 17.7 Å². The molecule has 0 spiro atoms. The van der Waals surface area contributed by atoms with Crippen LogP contribution in [0.25, 0.3) is 6.08 Å². The van der Waals surface area contributed by atoms with Crippen LogP contribution < -0.4 is 28.1 Å². The Labute approximate surface area is 198 Å². The molecular formula is C26H40N6O.